The van der Waals surface area contributed by atoms with Crippen LogP contribution in [0.3, 0.4) is 0 Å². The Hall–Kier alpha value is -1.57. The first-order chi connectivity index (χ1) is 8.76. The largest absolute Gasteiger partial charge is 0.358 e. The molecule has 0 aromatic rings. The lowest BCUT2D eigenvalue weighted by Crippen LogP contribution is -2.55. The van der Waals surface area contributed by atoms with Gasteiger partial charge in [-0.2, -0.15) is 0 Å². The minimum absolute atomic E-state index is 0.0594. The normalized spacial score (nSPS) is 13.6. The minimum atomic E-state index is -0.695. The average molecular weight is 270 g/mol. The summed E-state index contributed by atoms with van der Waals surface area (Å²) >= 11 is 0. The third-order valence-corrected chi connectivity index (χ3v) is 2.86. The maximum Gasteiger partial charge on any atom is 0.323 e. The summed E-state index contributed by atoms with van der Waals surface area (Å²) in [5.74, 6) is -1.29. The molecule has 0 aliphatic carbocycles. The van der Waals surface area contributed by atoms with Crippen molar-refractivity contribution >= 4 is 25.7 Å². The van der Waals surface area contributed by atoms with Crippen LogP contribution in [0.2, 0.25) is 0 Å². The van der Waals surface area contributed by atoms with Gasteiger partial charge >= 0.3 is 6.03 Å². The van der Waals surface area contributed by atoms with Crippen LogP contribution in [-0.4, -0.2) is 63.7 Å². The van der Waals surface area contributed by atoms with Gasteiger partial charge in [0.15, 0.2) is 0 Å². The number of likely N-dealkylation sites (N-methyl/N-ethyl adjacent to an activating group) is 3. The lowest BCUT2D eigenvalue weighted by Gasteiger charge is -2.25. The molecule has 0 rings (SSSR count). The number of amides is 4. The van der Waals surface area contributed by atoms with Crippen molar-refractivity contribution in [1.82, 2.24) is 20.9 Å². The van der Waals surface area contributed by atoms with Crippen molar-refractivity contribution in [3.05, 3.63) is 0 Å². The lowest BCUT2D eigenvalue weighted by molar-refractivity contribution is -0.130. The van der Waals surface area contributed by atoms with Gasteiger partial charge in [0, 0.05) is 14.1 Å². The topological polar surface area (TPSA) is 90.5 Å². The standard InChI is InChI=1S/C11H23BN4O3/c1-6(2)7(13-3)10(18)16(5)11(19)15-8(12)9(17)14-4/h6-8,13H,12H2,1-5H3,(H,14,17)(H,15,19)/t7-,8-/m0/s1. The highest BCUT2D eigenvalue weighted by atomic mass is 16.2. The smallest absolute Gasteiger partial charge is 0.323 e. The highest BCUT2D eigenvalue weighted by Gasteiger charge is 2.28. The fraction of sp³-hybridized carbons (Fsp3) is 0.727. The van der Waals surface area contributed by atoms with Crippen molar-refractivity contribution in [2.75, 3.05) is 21.1 Å². The van der Waals surface area contributed by atoms with E-state index < -0.39 is 18.0 Å². The third kappa shape index (κ3) is 4.90. The van der Waals surface area contributed by atoms with Gasteiger partial charge in [-0.15, -0.1) is 0 Å². The molecule has 0 saturated heterocycles. The van der Waals surface area contributed by atoms with Crippen LogP contribution in [0.5, 0.6) is 0 Å². The molecule has 4 amide bonds. The first-order valence-corrected chi connectivity index (χ1v) is 6.23. The number of imide groups is 1. The zero-order chi connectivity index (χ0) is 15.2. The van der Waals surface area contributed by atoms with Crippen LogP contribution in [0.25, 0.3) is 0 Å². The first kappa shape index (κ1) is 17.4. The molecule has 7 nitrogen and oxygen atoms in total. The van der Waals surface area contributed by atoms with Gasteiger partial charge in [0.2, 0.25) is 11.8 Å². The molecule has 0 radical (unpaired) electrons. The number of rotatable bonds is 5. The minimum Gasteiger partial charge on any atom is -0.358 e. The van der Waals surface area contributed by atoms with E-state index in [9.17, 15) is 14.4 Å². The molecule has 0 fully saturated rings. The number of nitrogens with one attached hydrogen (secondary N) is 3. The second-order valence-corrected chi connectivity index (χ2v) is 4.69. The van der Waals surface area contributed by atoms with Gasteiger partial charge < -0.3 is 16.0 Å². The quantitative estimate of drug-likeness (QED) is 0.509. The summed E-state index contributed by atoms with van der Waals surface area (Å²) in [6.45, 7) is 3.77. The van der Waals surface area contributed by atoms with E-state index in [1.165, 1.54) is 14.1 Å². The van der Waals surface area contributed by atoms with Crippen LogP contribution < -0.4 is 16.0 Å². The summed E-state index contributed by atoms with van der Waals surface area (Å²) in [6, 6.07) is -1.03. The zero-order valence-corrected chi connectivity index (χ0v) is 12.4. The molecule has 0 heterocycles. The molecule has 0 spiro atoms. The molecule has 3 N–H and O–H groups in total. The van der Waals surface area contributed by atoms with Crippen LogP contribution in [0.4, 0.5) is 4.79 Å². The molecule has 0 aliphatic rings. The second-order valence-electron chi connectivity index (χ2n) is 4.69. The summed E-state index contributed by atoms with van der Waals surface area (Å²) in [5.41, 5.74) is 0. The number of urea groups is 1. The molecule has 19 heavy (non-hydrogen) atoms. The van der Waals surface area contributed by atoms with Gasteiger partial charge in [-0.25, -0.2) is 4.79 Å². The molecule has 0 aliphatic heterocycles. The van der Waals surface area contributed by atoms with Crippen molar-refractivity contribution in [3.63, 3.8) is 0 Å². The summed E-state index contributed by atoms with van der Waals surface area (Å²) < 4.78 is 0. The van der Waals surface area contributed by atoms with Gasteiger partial charge in [0.05, 0.1) is 12.0 Å². The predicted octanol–water partition coefficient (Wildman–Crippen LogP) is -1.90. The van der Waals surface area contributed by atoms with Gasteiger partial charge in [0.1, 0.15) is 7.85 Å². The molecule has 0 saturated carbocycles. The Balaban J connectivity index is 4.64. The highest BCUT2D eigenvalue weighted by molar-refractivity contribution is 6.25. The summed E-state index contributed by atoms with van der Waals surface area (Å²) in [7, 11) is 6.09. The molecule has 108 valence electrons. The number of hydrogen-bond acceptors (Lipinski definition) is 4. The van der Waals surface area contributed by atoms with Crippen LogP contribution in [-0.2, 0) is 9.59 Å². The van der Waals surface area contributed by atoms with E-state index in [1.807, 2.05) is 13.8 Å². The number of nitrogens with zero attached hydrogens (tertiary/aromatic N) is 1. The van der Waals surface area contributed by atoms with Gasteiger partial charge in [0.25, 0.3) is 0 Å². The molecular formula is C11H23BN4O3. The van der Waals surface area contributed by atoms with E-state index in [-0.39, 0.29) is 17.7 Å². The van der Waals surface area contributed by atoms with Gasteiger partial charge in [-0.3, -0.25) is 14.5 Å². The summed E-state index contributed by atoms with van der Waals surface area (Å²) in [5, 5.41) is 7.75. The average Bonchev–Trinajstić information content (AvgIpc) is 2.36. The number of carbonyl (C=O) groups excluding carboxylic acids is 3. The predicted molar refractivity (Wildman–Crippen MR) is 75.4 cm³/mol. The molecule has 2 atom stereocenters. The van der Waals surface area contributed by atoms with Crippen molar-refractivity contribution in [1.29, 1.82) is 0 Å². The van der Waals surface area contributed by atoms with E-state index in [1.54, 1.807) is 14.9 Å². The van der Waals surface area contributed by atoms with E-state index in [0.717, 1.165) is 4.90 Å². The molecule has 0 bridgehead atoms. The summed E-state index contributed by atoms with van der Waals surface area (Å²) in [6.07, 6.45) is 0. The molecule has 0 aromatic carbocycles. The van der Waals surface area contributed by atoms with Gasteiger partial charge in [-0.1, -0.05) is 13.8 Å². The van der Waals surface area contributed by atoms with Crippen LogP contribution in [0, 0.1) is 5.92 Å². The van der Waals surface area contributed by atoms with E-state index in [0.29, 0.717) is 0 Å². The highest BCUT2D eigenvalue weighted by Crippen LogP contribution is 2.04. The maximum atomic E-state index is 12.1. The Morgan fingerprint density at radius 3 is 2.05 bits per heavy atom. The van der Waals surface area contributed by atoms with Crippen LogP contribution >= 0.6 is 0 Å². The zero-order valence-electron chi connectivity index (χ0n) is 12.4. The van der Waals surface area contributed by atoms with Crippen molar-refractivity contribution in [2.24, 2.45) is 5.92 Å². The fourth-order valence-corrected chi connectivity index (χ4v) is 1.61. The van der Waals surface area contributed by atoms with Crippen LogP contribution in [0.1, 0.15) is 13.8 Å². The molecule has 0 aromatic heterocycles. The monoisotopic (exact) mass is 270 g/mol. The Morgan fingerprint density at radius 1 is 1.16 bits per heavy atom. The van der Waals surface area contributed by atoms with Crippen molar-refractivity contribution < 1.29 is 14.4 Å². The third-order valence-electron chi connectivity index (χ3n) is 2.86. The fourth-order valence-electron chi connectivity index (χ4n) is 1.61. The lowest BCUT2D eigenvalue weighted by atomic mass is 9.96. The SMILES string of the molecule is B[C@@H](NC(=O)N(C)C(=O)[C@@H](NC)C(C)C)C(=O)NC. The summed E-state index contributed by atoms with van der Waals surface area (Å²) in [4.78, 5) is 36.2. The van der Waals surface area contributed by atoms with E-state index in [4.69, 9.17) is 0 Å². The maximum absolute atomic E-state index is 12.1. The Bertz CT molecular complexity index is 349. The number of hydrogen-bond donors (Lipinski definition) is 3. The van der Waals surface area contributed by atoms with Crippen molar-refractivity contribution in [3.8, 4) is 0 Å². The Kier molecular flexibility index (Phi) is 7.14. The van der Waals surface area contributed by atoms with Crippen molar-refractivity contribution in [2.45, 2.75) is 25.8 Å². The molecular weight excluding hydrogens is 247 g/mol. The first-order valence-electron chi connectivity index (χ1n) is 6.23. The molecule has 8 heteroatoms. The second kappa shape index (κ2) is 7.78. The Labute approximate surface area is 114 Å². The van der Waals surface area contributed by atoms with Crippen LogP contribution in [0.15, 0.2) is 0 Å². The number of carbonyl (C=O) groups is 3. The van der Waals surface area contributed by atoms with E-state index >= 15 is 0 Å². The van der Waals surface area contributed by atoms with E-state index in [2.05, 4.69) is 16.0 Å². The molecule has 0 unspecified atom stereocenters. The Morgan fingerprint density at radius 2 is 1.68 bits per heavy atom. The van der Waals surface area contributed by atoms with Gasteiger partial charge in [-0.05, 0) is 13.0 Å².